The molecule has 1 aliphatic heterocycles. The minimum absolute atomic E-state index is 0.115. The summed E-state index contributed by atoms with van der Waals surface area (Å²) in [6.07, 6.45) is 2.50. The Morgan fingerprint density at radius 3 is 2.70 bits per heavy atom. The van der Waals surface area contributed by atoms with Crippen LogP contribution in [0, 0.1) is 5.82 Å². The van der Waals surface area contributed by atoms with Crippen LogP contribution >= 0.6 is 0 Å². The fraction of sp³-hybridized carbons (Fsp3) is 0.500. The molecule has 1 aromatic heterocycles. The first-order chi connectivity index (χ1) is 14.8. The summed E-state index contributed by atoms with van der Waals surface area (Å²) in [5, 5.41) is 6.71. The van der Waals surface area contributed by atoms with Gasteiger partial charge in [-0.1, -0.05) is 12.1 Å². The van der Waals surface area contributed by atoms with E-state index in [0.717, 1.165) is 43.3 Å². The lowest BCUT2D eigenvalue weighted by atomic mass is 10.0. The van der Waals surface area contributed by atoms with Crippen LogP contribution < -0.4 is 10.6 Å². The second-order valence-electron chi connectivity index (χ2n) is 7.08. The summed E-state index contributed by atoms with van der Waals surface area (Å²) in [4.78, 5) is 6.67. The van der Waals surface area contributed by atoms with E-state index in [0.29, 0.717) is 33.0 Å². The molecule has 8 heteroatoms. The predicted molar refractivity (Wildman–Crippen MR) is 114 cm³/mol. The van der Waals surface area contributed by atoms with Gasteiger partial charge in [0.2, 0.25) is 0 Å². The first kappa shape index (κ1) is 22.3. The smallest absolute Gasteiger partial charge is 0.191 e. The Bertz CT molecular complexity index is 746. The van der Waals surface area contributed by atoms with Crippen molar-refractivity contribution in [2.24, 2.45) is 4.99 Å². The molecule has 1 unspecified atom stereocenters. The number of morpholine rings is 1. The molecule has 30 heavy (non-hydrogen) atoms. The van der Waals surface area contributed by atoms with E-state index in [1.165, 1.54) is 12.1 Å². The highest BCUT2D eigenvalue weighted by atomic mass is 19.1. The van der Waals surface area contributed by atoms with Crippen LogP contribution in [-0.2, 0) is 16.1 Å². The molecule has 2 aromatic rings. The van der Waals surface area contributed by atoms with E-state index in [9.17, 15) is 4.39 Å². The third-order valence-corrected chi connectivity index (χ3v) is 5.01. The molecule has 7 nitrogen and oxygen atoms in total. The standard InChI is InChI=1S/C22H31FN4O3/c1-24-22(25-9-3-12-29-17-20-4-2-13-30-20)26-16-21(27-10-14-28-15-11-27)18-5-7-19(23)8-6-18/h2,4-8,13,21H,3,9-12,14-17H2,1H3,(H2,24,25,26). The molecule has 2 heterocycles. The van der Waals surface area contributed by atoms with Crippen LogP contribution in [0.3, 0.4) is 0 Å². The molecule has 0 saturated carbocycles. The third kappa shape index (κ3) is 7.12. The van der Waals surface area contributed by atoms with Crippen molar-refractivity contribution < 1.29 is 18.3 Å². The SMILES string of the molecule is CN=C(NCCCOCc1ccco1)NCC(c1ccc(F)cc1)N1CCOCC1. The zero-order valence-electron chi connectivity index (χ0n) is 17.5. The van der Waals surface area contributed by atoms with Gasteiger partial charge in [-0.3, -0.25) is 9.89 Å². The van der Waals surface area contributed by atoms with Crippen LogP contribution in [0.5, 0.6) is 0 Å². The molecular weight excluding hydrogens is 387 g/mol. The lowest BCUT2D eigenvalue weighted by Crippen LogP contribution is -2.46. The average Bonchev–Trinajstić information content (AvgIpc) is 3.30. The van der Waals surface area contributed by atoms with Gasteiger partial charge in [-0.25, -0.2) is 4.39 Å². The topological polar surface area (TPSA) is 71.3 Å². The number of ether oxygens (including phenoxy) is 2. The maximum absolute atomic E-state index is 13.4. The Balaban J connectivity index is 1.43. The monoisotopic (exact) mass is 418 g/mol. The van der Waals surface area contributed by atoms with Gasteiger partial charge in [0.1, 0.15) is 18.2 Å². The number of furan rings is 1. The Morgan fingerprint density at radius 2 is 2.00 bits per heavy atom. The minimum Gasteiger partial charge on any atom is -0.467 e. The number of rotatable bonds is 10. The predicted octanol–water partition coefficient (Wildman–Crippen LogP) is 2.56. The van der Waals surface area contributed by atoms with Crippen molar-refractivity contribution in [3.63, 3.8) is 0 Å². The highest BCUT2D eigenvalue weighted by molar-refractivity contribution is 5.79. The second kappa shape index (κ2) is 12.3. The summed E-state index contributed by atoms with van der Waals surface area (Å²) in [6, 6.07) is 10.6. The third-order valence-electron chi connectivity index (χ3n) is 5.01. The van der Waals surface area contributed by atoms with E-state index >= 15 is 0 Å². The van der Waals surface area contributed by atoms with Crippen molar-refractivity contribution in [3.05, 3.63) is 59.8 Å². The summed E-state index contributed by atoms with van der Waals surface area (Å²) in [5.41, 5.74) is 1.08. The molecule has 0 spiro atoms. The van der Waals surface area contributed by atoms with E-state index in [1.807, 2.05) is 24.3 Å². The number of aliphatic imine (C=N–C) groups is 1. The molecule has 0 amide bonds. The number of hydrogen-bond acceptors (Lipinski definition) is 5. The molecule has 1 aromatic carbocycles. The lowest BCUT2D eigenvalue weighted by molar-refractivity contribution is 0.0170. The zero-order valence-corrected chi connectivity index (χ0v) is 17.5. The molecule has 0 aliphatic carbocycles. The van der Waals surface area contributed by atoms with Gasteiger partial charge < -0.3 is 24.5 Å². The molecule has 164 valence electrons. The summed E-state index contributed by atoms with van der Waals surface area (Å²) >= 11 is 0. The highest BCUT2D eigenvalue weighted by Crippen LogP contribution is 2.21. The number of benzene rings is 1. The Kier molecular flexibility index (Phi) is 9.14. The maximum Gasteiger partial charge on any atom is 0.191 e. The first-order valence-corrected chi connectivity index (χ1v) is 10.4. The van der Waals surface area contributed by atoms with E-state index in [1.54, 1.807) is 13.3 Å². The van der Waals surface area contributed by atoms with E-state index in [4.69, 9.17) is 13.9 Å². The lowest BCUT2D eigenvalue weighted by Gasteiger charge is -2.35. The van der Waals surface area contributed by atoms with Gasteiger partial charge in [-0.15, -0.1) is 0 Å². The fourth-order valence-electron chi connectivity index (χ4n) is 3.39. The molecular formula is C22H31FN4O3. The Hall–Kier alpha value is -2.42. The normalized spacial score (nSPS) is 16.4. The van der Waals surface area contributed by atoms with Gasteiger partial charge in [-0.05, 0) is 36.2 Å². The van der Waals surface area contributed by atoms with Crippen molar-refractivity contribution >= 4 is 5.96 Å². The summed E-state index contributed by atoms with van der Waals surface area (Å²) in [7, 11) is 1.75. The average molecular weight is 419 g/mol. The minimum atomic E-state index is -0.223. The largest absolute Gasteiger partial charge is 0.467 e. The second-order valence-corrected chi connectivity index (χ2v) is 7.08. The van der Waals surface area contributed by atoms with Gasteiger partial charge in [-0.2, -0.15) is 0 Å². The van der Waals surface area contributed by atoms with Gasteiger partial charge in [0.05, 0.1) is 25.5 Å². The van der Waals surface area contributed by atoms with Gasteiger partial charge in [0, 0.05) is 39.8 Å². The molecule has 0 bridgehead atoms. The van der Waals surface area contributed by atoms with Crippen molar-refractivity contribution in [2.75, 3.05) is 53.0 Å². The zero-order chi connectivity index (χ0) is 21.0. The van der Waals surface area contributed by atoms with E-state index < -0.39 is 0 Å². The first-order valence-electron chi connectivity index (χ1n) is 10.4. The number of halogens is 1. The highest BCUT2D eigenvalue weighted by Gasteiger charge is 2.23. The van der Waals surface area contributed by atoms with Crippen LogP contribution in [0.4, 0.5) is 4.39 Å². The number of guanidine groups is 1. The van der Waals surface area contributed by atoms with Crippen LogP contribution in [0.1, 0.15) is 23.8 Å². The van der Waals surface area contributed by atoms with Crippen molar-refractivity contribution in [3.8, 4) is 0 Å². The fourth-order valence-corrected chi connectivity index (χ4v) is 3.39. The summed E-state index contributed by atoms with van der Waals surface area (Å²) in [6.45, 7) is 5.66. The Labute approximate surface area is 177 Å². The van der Waals surface area contributed by atoms with Crippen molar-refractivity contribution in [1.82, 2.24) is 15.5 Å². The van der Waals surface area contributed by atoms with Gasteiger partial charge >= 0.3 is 0 Å². The molecule has 1 atom stereocenters. The number of nitrogens with zero attached hydrogens (tertiary/aromatic N) is 2. The van der Waals surface area contributed by atoms with Crippen LogP contribution in [-0.4, -0.2) is 63.9 Å². The quantitative estimate of drug-likeness (QED) is 0.351. The van der Waals surface area contributed by atoms with Crippen LogP contribution in [0.15, 0.2) is 52.1 Å². The maximum atomic E-state index is 13.4. The van der Waals surface area contributed by atoms with Crippen LogP contribution in [0.2, 0.25) is 0 Å². The van der Waals surface area contributed by atoms with Crippen LogP contribution in [0.25, 0.3) is 0 Å². The van der Waals surface area contributed by atoms with Gasteiger partial charge in [0.15, 0.2) is 5.96 Å². The Morgan fingerprint density at radius 1 is 1.20 bits per heavy atom. The van der Waals surface area contributed by atoms with Gasteiger partial charge in [0.25, 0.3) is 0 Å². The molecule has 0 radical (unpaired) electrons. The molecule has 1 fully saturated rings. The summed E-state index contributed by atoms with van der Waals surface area (Å²) in [5.74, 6) is 1.34. The van der Waals surface area contributed by atoms with E-state index in [2.05, 4.69) is 20.5 Å². The summed E-state index contributed by atoms with van der Waals surface area (Å²) < 4.78 is 29.7. The molecule has 1 aliphatic rings. The van der Waals surface area contributed by atoms with E-state index in [-0.39, 0.29) is 11.9 Å². The number of nitrogens with one attached hydrogen (secondary N) is 2. The van der Waals surface area contributed by atoms with Crippen molar-refractivity contribution in [1.29, 1.82) is 0 Å². The molecule has 3 rings (SSSR count). The number of hydrogen-bond donors (Lipinski definition) is 2. The molecule has 2 N–H and O–H groups in total. The molecule has 1 saturated heterocycles. The van der Waals surface area contributed by atoms with Crippen molar-refractivity contribution in [2.45, 2.75) is 19.1 Å².